The van der Waals surface area contributed by atoms with Crippen molar-refractivity contribution in [3.05, 3.63) is 0 Å². The van der Waals surface area contributed by atoms with E-state index in [1.54, 1.807) is 20.8 Å². The van der Waals surface area contributed by atoms with Crippen LogP contribution in [0.4, 0.5) is 4.79 Å². The smallest absolute Gasteiger partial charge is 0.407 e. The van der Waals surface area contributed by atoms with Gasteiger partial charge in [-0.25, -0.2) is 4.79 Å². The fourth-order valence-corrected chi connectivity index (χ4v) is 1.49. The molecule has 0 radical (unpaired) electrons. The van der Waals surface area contributed by atoms with Crippen molar-refractivity contribution in [1.82, 2.24) is 10.6 Å². The predicted molar refractivity (Wildman–Crippen MR) is 78.0 cm³/mol. The standard InChI is InChI=1S/C14H26N2O5/c1-14(2,3)21-13(20)16-9-6-4-5-7-11(17)15-10-8-12(18)19/h4-10H2,1-3H3,(H,15,17)(H,16,20)(H,18,19). The zero-order valence-corrected chi connectivity index (χ0v) is 13.0. The third-order valence-electron chi connectivity index (χ3n) is 2.41. The van der Waals surface area contributed by atoms with Gasteiger partial charge in [-0.05, 0) is 33.6 Å². The summed E-state index contributed by atoms with van der Waals surface area (Å²) >= 11 is 0. The number of hydrogen-bond donors (Lipinski definition) is 3. The van der Waals surface area contributed by atoms with Gasteiger partial charge in [-0.3, -0.25) is 9.59 Å². The van der Waals surface area contributed by atoms with Crippen LogP contribution in [0.5, 0.6) is 0 Å². The normalized spacial score (nSPS) is 10.8. The Hall–Kier alpha value is -1.79. The summed E-state index contributed by atoms with van der Waals surface area (Å²) in [6.45, 7) is 6.07. The van der Waals surface area contributed by atoms with E-state index in [1.807, 2.05) is 0 Å². The van der Waals surface area contributed by atoms with Gasteiger partial charge in [0.25, 0.3) is 0 Å². The molecule has 0 saturated carbocycles. The van der Waals surface area contributed by atoms with Crippen LogP contribution in [0.15, 0.2) is 0 Å². The molecule has 3 N–H and O–H groups in total. The average molecular weight is 302 g/mol. The van der Waals surface area contributed by atoms with Crippen LogP contribution in [0.2, 0.25) is 0 Å². The highest BCUT2D eigenvalue weighted by atomic mass is 16.6. The van der Waals surface area contributed by atoms with Crippen LogP contribution in [0.1, 0.15) is 52.9 Å². The minimum absolute atomic E-state index is 0.0639. The number of carboxylic acid groups (broad SMARTS) is 1. The van der Waals surface area contributed by atoms with Gasteiger partial charge < -0.3 is 20.5 Å². The van der Waals surface area contributed by atoms with Crippen LogP contribution >= 0.6 is 0 Å². The van der Waals surface area contributed by atoms with Crippen LogP contribution in [-0.2, 0) is 14.3 Å². The van der Waals surface area contributed by atoms with Crippen molar-refractivity contribution < 1.29 is 24.2 Å². The average Bonchev–Trinajstić information content (AvgIpc) is 2.30. The maximum absolute atomic E-state index is 11.3. The molecule has 21 heavy (non-hydrogen) atoms. The first-order valence-electron chi connectivity index (χ1n) is 7.16. The van der Waals surface area contributed by atoms with Gasteiger partial charge in [0.1, 0.15) is 5.60 Å². The van der Waals surface area contributed by atoms with E-state index < -0.39 is 17.7 Å². The quantitative estimate of drug-likeness (QED) is 0.562. The van der Waals surface area contributed by atoms with E-state index in [0.717, 1.165) is 12.8 Å². The number of nitrogens with one attached hydrogen (secondary N) is 2. The molecule has 0 aromatic carbocycles. The van der Waals surface area contributed by atoms with Crippen LogP contribution in [0.25, 0.3) is 0 Å². The van der Waals surface area contributed by atoms with Gasteiger partial charge in [-0.15, -0.1) is 0 Å². The maximum Gasteiger partial charge on any atom is 0.407 e. The molecule has 122 valence electrons. The molecule has 0 aromatic heterocycles. The number of carbonyl (C=O) groups excluding carboxylic acids is 2. The summed E-state index contributed by atoms with van der Waals surface area (Å²) in [5.41, 5.74) is -0.502. The first-order valence-corrected chi connectivity index (χ1v) is 7.16. The van der Waals surface area contributed by atoms with E-state index in [2.05, 4.69) is 10.6 Å². The van der Waals surface area contributed by atoms with Crippen molar-refractivity contribution >= 4 is 18.0 Å². The highest BCUT2D eigenvalue weighted by molar-refractivity contribution is 5.76. The molecule has 0 heterocycles. The monoisotopic (exact) mass is 302 g/mol. The number of amides is 2. The Morgan fingerprint density at radius 3 is 2.19 bits per heavy atom. The third-order valence-corrected chi connectivity index (χ3v) is 2.41. The number of aliphatic carboxylic acids is 1. The highest BCUT2D eigenvalue weighted by Crippen LogP contribution is 2.06. The minimum atomic E-state index is -0.927. The van der Waals surface area contributed by atoms with E-state index in [1.165, 1.54) is 0 Å². The zero-order valence-electron chi connectivity index (χ0n) is 13.0. The van der Waals surface area contributed by atoms with Crippen LogP contribution in [-0.4, -0.2) is 41.8 Å². The fourth-order valence-electron chi connectivity index (χ4n) is 1.49. The lowest BCUT2D eigenvalue weighted by Gasteiger charge is -2.19. The molecule has 0 atom stereocenters. The van der Waals surface area contributed by atoms with Gasteiger partial charge in [0.15, 0.2) is 0 Å². The van der Waals surface area contributed by atoms with Gasteiger partial charge >= 0.3 is 12.1 Å². The van der Waals surface area contributed by atoms with Crippen molar-refractivity contribution in [3.63, 3.8) is 0 Å². The molecule has 0 unspecified atom stereocenters. The molecule has 0 bridgehead atoms. The Bertz CT molecular complexity index is 350. The predicted octanol–water partition coefficient (Wildman–Crippen LogP) is 1.66. The number of carboxylic acids is 1. The van der Waals surface area contributed by atoms with Crippen molar-refractivity contribution in [3.8, 4) is 0 Å². The summed E-state index contributed by atoms with van der Waals surface area (Å²) in [6, 6.07) is 0. The topological polar surface area (TPSA) is 105 Å². The second kappa shape index (κ2) is 10.0. The number of hydrogen-bond acceptors (Lipinski definition) is 4. The van der Waals surface area contributed by atoms with E-state index >= 15 is 0 Å². The summed E-state index contributed by atoms with van der Waals surface area (Å²) in [5, 5.41) is 13.6. The molecule has 0 fully saturated rings. The van der Waals surface area contributed by atoms with Gasteiger partial charge in [0, 0.05) is 19.5 Å². The van der Waals surface area contributed by atoms with Crippen LogP contribution in [0, 0.1) is 0 Å². The summed E-state index contributed by atoms with van der Waals surface area (Å²) in [4.78, 5) is 32.9. The van der Waals surface area contributed by atoms with Gasteiger partial charge in [-0.2, -0.15) is 0 Å². The van der Waals surface area contributed by atoms with E-state index in [9.17, 15) is 14.4 Å². The molecule has 0 rings (SSSR count). The van der Waals surface area contributed by atoms with E-state index in [4.69, 9.17) is 9.84 Å². The van der Waals surface area contributed by atoms with Crippen molar-refractivity contribution in [1.29, 1.82) is 0 Å². The summed E-state index contributed by atoms with van der Waals surface area (Å²) < 4.78 is 5.08. The molecule has 7 heteroatoms. The Labute approximate surface area is 125 Å². The molecule has 0 aromatic rings. The Morgan fingerprint density at radius 2 is 1.62 bits per heavy atom. The van der Waals surface area contributed by atoms with Crippen LogP contribution in [0.3, 0.4) is 0 Å². The SMILES string of the molecule is CC(C)(C)OC(=O)NCCCCCC(=O)NCCC(=O)O. The number of ether oxygens (including phenoxy) is 1. The van der Waals surface area contributed by atoms with Gasteiger partial charge in [0.2, 0.25) is 5.91 Å². The van der Waals surface area contributed by atoms with Crippen LogP contribution < -0.4 is 10.6 Å². The van der Waals surface area contributed by atoms with Crippen molar-refractivity contribution in [2.75, 3.05) is 13.1 Å². The molecule has 2 amide bonds. The lowest BCUT2D eigenvalue weighted by molar-refractivity contribution is -0.136. The Balaban J connectivity index is 3.45. The third kappa shape index (κ3) is 14.4. The molecule has 0 spiro atoms. The molecular weight excluding hydrogens is 276 g/mol. The van der Waals surface area contributed by atoms with E-state index in [0.29, 0.717) is 19.4 Å². The lowest BCUT2D eigenvalue weighted by atomic mass is 10.2. The number of alkyl carbamates (subject to hydrolysis) is 1. The highest BCUT2D eigenvalue weighted by Gasteiger charge is 2.15. The molecule has 0 aliphatic carbocycles. The molecule has 0 saturated heterocycles. The fraction of sp³-hybridized carbons (Fsp3) is 0.786. The first-order chi connectivity index (χ1) is 9.70. The zero-order chi connectivity index (χ0) is 16.3. The molecule has 7 nitrogen and oxygen atoms in total. The maximum atomic E-state index is 11.3. The van der Waals surface area contributed by atoms with Gasteiger partial charge in [-0.1, -0.05) is 6.42 Å². The second-order valence-electron chi connectivity index (χ2n) is 5.73. The summed E-state index contributed by atoms with van der Waals surface area (Å²) in [6.07, 6.45) is 2.14. The first kappa shape index (κ1) is 19.2. The largest absolute Gasteiger partial charge is 0.481 e. The molecule has 0 aliphatic rings. The molecular formula is C14H26N2O5. The minimum Gasteiger partial charge on any atom is -0.481 e. The Kier molecular flexibility index (Phi) is 9.16. The Morgan fingerprint density at radius 1 is 0.952 bits per heavy atom. The summed E-state index contributed by atoms with van der Waals surface area (Å²) in [5.74, 6) is -1.07. The van der Waals surface area contributed by atoms with Crippen molar-refractivity contribution in [2.24, 2.45) is 0 Å². The number of unbranched alkanes of at least 4 members (excludes halogenated alkanes) is 2. The number of carbonyl (C=O) groups is 3. The molecule has 0 aliphatic heterocycles. The lowest BCUT2D eigenvalue weighted by Crippen LogP contribution is -2.33. The van der Waals surface area contributed by atoms with E-state index in [-0.39, 0.29) is 18.9 Å². The number of rotatable bonds is 9. The van der Waals surface area contributed by atoms with Gasteiger partial charge in [0.05, 0.1) is 6.42 Å². The summed E-state index contributed by atoms with van der Waals surface area (Å²) in [7, 11) is 0. The van der Waals surface area contributed by atoms with Crippen molar-refractivity contribution in [2.45, 2.75) is 58.5 Å². The second-order valence-corrected chi connectivity index (χ2v) is 5.73.